The lowest BCUT2D eigenvalue weighted by Crippen LogP contribution is -2.31. The van der Waals surface area contributed by atoms with Crippen LogP contribution in [0.4, 0.5) is 8.78 Å². The molecule has 2 aliphatic rings. The number of aryl methyl sites for hydroxylation is 1. The SMILES string of the molecule is CC(C)(C)CCS(=O)(=O)CCCC1CCCN1CCCCCCC1=C(c2ccc(F)cc2F)CCCc2cc(O)ccc21. The number of phenols is 1. The Balaban J connectivity index is 1.28. The molecule has 43 heavy (non-hydrogen) atoms. The van der Waals surface area contributed by atoms with Crippen molar-refractivity contribution in [3.8, 4) is 5.75 Å². The van der Waals surface area contributed by atoms with Gasteiger partial charge in [-0.25, -0.2) is 17.2 Å². The van der Waals surface area contributed by atoms with Gasteiger partial charge in [0.2, 0.25) is 0 Å². The van der Waals surface area contributed by atoms with Crippen molar-refractivity contribution in [1.29, 1.82) is 0 Å². The number of hydrogen-bond acceptors (Lipinski definition) is 4. The molecule has 0 aromatic heterocycles. The van der Waals surface area contributed by atoms with E-state index in [9.17, 15) is 22.3 Å². The number of unbranched alkanes of at least 4 members (excludes halogenated alkanes) is 3. The summed E-state index contributed by atoms with van der Waals surface area (Å²) < 4.78 is 53.6. The minimum absolute atomic E-state index is 0.0409. The molecular weight excluding hydrogens is 564 g/mol. The number of aromatic hydroxyl groups is 1. The summed E-state index contributed by atoms with van der Waals surface area (Å²) in [4.78, 5) is 2.56. The van der Waals surface area contributed by atoms with Crippen molar-refractivity contribution in [3.63, 3.8) is 0 Å². The summed E-state index contributed by atoms with van der Waals surface area (Å²) in [6.45, 7) is 8.42. The van der Waals surface area contributed by atoms with Crippen LogP contribution in [0.3, 0.4) is 0 Å². The Kier molecular flexibility index (Phi) is 11.9. The summed E-state index contributed by atoms with van der Waals surface area (Å²) in [6, 6.07) is 9.86. The minimum atomic E-state index is -2.98. The molecule has 4 nitrogen and oxygen atoms in total. The summed E-state index contributed by atoms with van der Waals surface area (Å²) in [5.41, 5.74) is 4.78. The molecule has 1 unspecified atom stereocenters. The maximum Gasteiger partial charge on any atom is 0.150 e. The number of fused-ring (bicyclic) bond motifs is 1. The third-order valence-electron chi connectivity index (χ3n) is 9.18. The summed E-state index contributed by atoms with van der Waals surface area (Å²) in [7, 11) is -2.98. The van der Waals surface area contributed by atoms with Crippen LogP contribution >= 0.6 is 0 Å². The van der Waals surface area contributed by atoms with Gasteiger partial charge in [-0.3, -0.25) is 0 Å². The van der Waals surface area contributed by atoms with Gasteiger partial charge >= 0.3 is 0 Å². The van der Waals surface area contributed by atoms with Gasteiger partial charge in [-0.05, 0) is 136 Å². The second-order valence-electron chi connectivity index (χ2n) is 13.9. The van der Waals surface area contributed by atoms with Gasteiger partial charge in [0, 0.05) is 17.7 Å². The molecule has 238 valence electrons. The lowest BCUT2D eigenvalue weighted by Gasteiger charge is -2.24. The summed E-state index contributed by atoms with van der Waals surface area (Å²) >= 11 is 0. The molecule has 2 aromatic rings. The highest BCUT2D eigenvalue weighted by atomic mass is 32.2. The molecule has 1 saturated heterocycles. The van der Waals surface area contributed by atoms with E-state index in [-0.39, 0.29) is 16.9 Å². The largest absolute Gasteiger partial charge is 0.508 e. The molecule has 0 spiro atoms. The molecular formula is C36H51F2NO3S. The highest BCUT2D eigenvalue weighted by Crippen LogP contribution is 2.40. The van der Waals surface area contributed by atoms with Crippen LogP contribution in [0.25, 0.3) is 11.1 Å². The quantitative estimate of drug-likeness (QED) is 0.216. The van der Waals surface area contributed by atoms with E-state index >= 15 is 0 Å². The average Bonchev–Trinajstić information content (AvgIpc) is 3.30. The van der Waals surface area contributed by atoms with Crippen LogP contribution < -0.4 is 0 Å². The first-order chi connectivity index (χ1) is 20.4. The van der Waals surface area contributed by atoms with E-state index in [0.717, 1.165) is 112 Å². The number of nitrogens with zero attached hydrogens (tertiary/aromatic N) is 1. The average molecular weight is 616 g/mol. The van der Waals surface area contributed by atoms with Gasteiger partial charge in [0.25, 0.3) is 0 Å². The van der Waals surface area contributed by atoms with Crippen molar-refractivity contribution in [3.05, 3.63) is 64.7 Å². The monoisotopic (exact) mass is 615 g/mol. The lowest BCUT2D eigenvalue weighted by molar-refractivity contribution is 0.236. The first-order valence-corrected chi connectivity index (χ1v) is 18.2. The Morgan fingerprint density at radius 2 is 1.67 bits per heavy atom. The predicted molar refractivity (Wildman–Crippen MR) is 174 cm³/mol. The van der Waals surface area contributed by atoms with Crippen LogP contribution in [-0.2, 0) is 16.3 Å². The Bertz CT molecular complexity index is 1360. The lowest BCUT2D eigenvalue weighted by atomic mass is 9.88. The van der Waals surface area contributed by atoms with Crippen LogP contribution in [0.5, 0.6) is 5.75 Å². The van der Waals surface area contributed by atoms with Gasteiger partial charge in [0.05, 0.1) is 11.5 Å². The second kappa shape index (κ2) is 15.2. The Hall–Kier alpha value is -2.25. The Morgan fingerprint density at radius 3 is 2.44 bits per heavy atom. The number of hydrogen-bond donors (Lipinski definition) is 1. The van der Waals surface area contributed by atoms with Gasteiger partial charge < -0.3 is 10.0 Å². The van der Waals surface area contributed by atoms with E-state index in [1.54, 1.807) is 12.1 Å². The predicted octanol–water partition coefficient (Wildman–Crippen LogP) is 8.96. The van der Waals surface area contributed by atoms with Gasteiger partial charge in [-0.2, -0.15) is 0 Å². The topological polar surface area (TPSA) is 57.6 Å². The Labute approximate surface area is 258 Å². The molecule has 1 fully saturated rings. The van der Waals surface area contributed by atoms with E-state index in [4.69, 9.17) is 0 Å². The number of sulfone groups is 1. The highest BCUT2D eigenvalue weighted by molar-refractivity contribution is 7.91. The summed E-state index contributed by atoms with van der Waals surface area (Å²) in [6.07, 6.45) is 12.3. The maximum atomic E-state index is 14.9. The maximum absolute atomic E-state index is 14.9. The van der Waals surface area contributed by atoms with Crippen molar-refractivity contribution < 1.29 is 22.3 Å². The van der Waals surface area contributed by atoms with Crippen molar-refractivity contribution in [2.45, 2.75) is 110 Å². The van der Waals surface area contributed by atoms with Gasteiger partial charge in [-0.15, -0.1) is 0 Å². The molecule has 1 aliphatic heterocycles. The van der Waals surface area contributed by atoms with E-state index < -0.39 is 21.5 Å². The fraction of sp³-hybridized carbons (Fsp3) is 0.611. The number of allylic oxidation sites excluding steroid dienone is 2. The zero-order chi connectivity index (χ0) is 31.0. The minimum Gasteiger partial charge on any atom is -0.508 e. The van der Waals surface area contributed by atoms with Crippen molar-refractivity contribution in [2.24, 2.45) is 5.41 Å². The summed E-state index contributed by atoms with van der Waals surface area (Å²) in [5, 5.41) is 10.1. The van der Waals surface area contributed by atoms with Crippen LogP contribution in [0.15, 0.2) is 36.4 Å². The first-order valence-electron chi connectivity index (χ1n) is 16.4. The molecule has 0 radical (unpaired) electrons. The number of phenolic OH excluding ortho intramolecular Hbond substituents is 1. The fourth-order valence-corrected chi connectivity index (χ4v) is 8.49. The third-order valence-corrected chi connectivity index (χ3v) is 10.9. The third kappa shape index (κ3) is 10.1. The number of likely N-dealkylation sites (tertiary alicyclic amines) is 1. The van der Waals surface area contributed by atoms with Crippen LogP contribution in [0.2, 0.25) is 0 Å². The standard InChI is InChI=1S/C36H51F2NO3S/c1-36(2,3)20-24-43(41,42)23-10-13-29-12-9-22-39(29)21-7-5-4-6-14-32-31-19-17-30(40)25-27(31)11-8-15-33(32)34-18-16-28(37)26-35(34)38/h16-19,25-26,29,40H,4-15,20-24H2,1-3H3. The van der Waals surface area contributed by atoms with Gasteiger partial charge in [0.1, 0.15) is 27.2 Å². The molecule has 7 heteroatoms. The van der Waals surface area contributed by atoms with Gasteiger partial charge in [-0.1, -0.05) is 39.7 Å². The zero-order valence-corrected chi connectivity index (χ0v) is 27.3. The number of halogens is 2. The van der Waals surface area contributed by atoms with Crippen LogP contribution in [-0.4, -0.2) is 49.1 Å². The van der Waals surface area contributed by atoms with Crippen LogP contribution in [0.1, 0.15) is 115 Å². The molecule has 1 aliphatic carbocycles. The van der Waals surface area contributed by atoms with E-state index in [1.165, 1.54) is 12.5 Å². The zero-order valence-electron chi connectivity index (χ0n) is 26.4. The second-order valence-corrected chi connectivity index (χ2v) is 16.2. The smallest absolute Gasteiger partial charge is 0.150 e. The van der Waals surface area contributed by atoms with Crippen LogP contribution in [0, 0.1) is 17.0 Å². The summed E-state index contributed by atoms with van der Waals surface area (Å²) in [5.74, 6) is -0.246. The molecule has 1 atom stereocenters. The number of rotatable bonds is 14. The molecule has 0 bridgehead atoms. The van der Waals surface area contributed by atoms with Crippen molar-refractivity contribution in [2.75, 3.05) is 24.6 Å². The number of benzene rings is 2. The fourth-order valence-electron chi connectivity index (χ4n) is 6.76. The normalized spacial score (nSPS) is 18.2. The molecule has 0 amide bonds. The van der Waals surface area contributed by atoms with E-state index in [1.807, 2.05) is 12.1 Å². The highest BCUT2D eigenvalue weighted by Gasteiger charge is 2.25. The molecule has 4 rings (SSSR count). The van der Waals surface area contributed by atoms with E-state index in [2.05, 4.69) is 25.7 Å². The molecule has 1 heterocycles. The van der Waals surface area contributed by atoms with Gasteiger partial charge in [0.15, 0.2) is 0 Å². The van der Waals surface area contributed by atoms with E-state index in [0.29, 0.717) is 23.8 Å². The molecule has 2 aromatic carbocycles. The Morgan fingerprint density at radius 1 is 0.907 bits per heavy atom. The molecule has 0 saturated carbocycles. The van der Waals surface area contributed by atoms with Crippen molar-refractivity contribution >= 4 is 21.0 Å². The first kappa shape index (κ1) is 33.6. The van der Waals surface area contributed by atoms with Crippen molar-refractivity contribution in [1.82, 2.24) is 4.90 Å². The molecule has 1 N–H and O–H groups in total.